The summed E-state index contributed by atoms with van der Waals surface area (Å²) in [6.07, 6.45) is 3.44. The van der Waals surface area contributed by atoms with E-state index in [1.807, 2.05) is 30.3 Å². The van der Waals surface area contributed by atoms with E-state index in [1.54, 1.807) is 61.7 Å². The SMILES string of the molecule is C=CC[C@]1(c2ccccc2)C(=O)O[B-](F)(c2ccccc2)/[N+]1=C\N(C)C. The maximum absolute atomic E-state index is 16.3. The monoisotopic (exact) mass is 352 g/mol. The molecule has 0 spiro atoms. The molecule has 0 bridgehead atoms. The second-order valence-electron chi connectivity index (χ2n) is 6.67. The van der Waals surface area contributed by atoms with Crippen LogP contribution in [0.3, 0.4) is 0 Å². The van der Waals surface area contributed by atoms with E-state index in [0.29, 0.717) is 11.0 Å². The summed E-state index contributed by atoms with van der Waals surface area (Å²) in [5.41, 5.74) is -0.320. The lowest BCUT2D eigenvalue weighted by molar-refractivity contribution is -0.487. The Morgan fingerprint density at radius 3 is 2.27 bits per heavy atom. The number of carbonyl (C=O) groups excluding carboxylic acids is 1. The maximum Gasteiger partial charge on any atom is 0.568 e. The number of hydrogen-bond acceptors (Lipinski definition) is 2. The summed E-state index contributed by atoms with van der Waals surface area (Å²) in [5, 5.41) is 0. The highest BCUT2D eigenvalue weighted by Crippen LogP contribution is 2.41. The fraction of sp³-hybridized carbons (Fsp3) is 0.200. The molecule has 0 amide bonds. The van der Waals surface area contributed by atoms with Crippen molar-refractivity contribution in [2.75, 3.05) is 14.1 Å². The van der Waals surface area contributed by atoms with Crippen LogP contribution in [0.1, 0.15) is 12.0 Å². The minimum Gasteiger partial charge on any atom is -0.619 e. The van der Waals surface area contributed by atoms with Crippen molar-refractivity contribution in [2.45, 2.75) is 12.0 Å². The lowest BCUT2D eigenvalue weighted by Crippen LogP contribution is -2.57. The van der Waals surface area contributed by atoms with Gasteiger partial charge in [-0.2, -0.15) is 0 Å². The van der Waals surface area contributed by atoms with Crippen molar-refractivity contribution in [3.63, 3.8) is 0 Å². The van der Waals surface area contributed by atoms with Crippen LogP contribution in [-0.2, 0) is 15.0 Å². The molecule has 3 rings (SSSR count). The zero-order valence-corrected chi connectivity index (χ0v) is 15.0. The van der Waals surface area contributed by atoms with Crippen molar-refractivity contribution in [3.8, 4) is 0 Å². The third kappa shape index (κ3) is 2.71. The Hall–Kier alpha value is -2.89. The zero-order valence-electron chi connectivity index (χ0n) is 15.0. The molecule has 4 nitrogen and oxygen atoms in total. The fourth-order valence-corrected chi connectivity index (χ4v) is 3.53. The molecule has 1 saturated heterocycles. The normalized spacial score (nSPS) is 26.6. The molecule has 1 aliphatic heterocycles. The Labute approximate surface area is 153 Å². The van der Waals surface area contributed by atoms with Gasteiger partial charge in [0.15, 0.2) is 11.9 Å². The molecule has 2 aromatic rings. The first kappa shape index (κ1) is 17.9. The van der Waals surface area contributed by atoms with Crippen LogP contribution >= 0.6 is 0 Å². The van der Waals surface area contributed by atoms with Crippen molar-refractivity contribution in [2.24, 2.45) is 0 Å². The summed E-state index contributed by atoms with van der Waals surface area (Å²) < 4.78 is 23.1. The van der Waals surface area contributed by atoms with Crippen LogP contribution in [0, 0.1) is 0 Å². The standard InChI is InChI=1S/C20H22BFN2O2/c1-4-15-20(17-11-7-5-8-12-17)19(25)26-21(22,24(20)16-23(2)3)18-13-9-6-10-14-18/h4-14,16H,1,15H2,2-3H3/b24-16-/t20-,21?/m0/s1. The van der Waals surface area contributed by atoms with E-state index in [4.69, 9.17) is 4.65 Å². The molecule has 0 aromatic heterocycles. The van der Waals surface area contributed by atoms with Gasteiger partial charge in [-0.25, -0.2) is 0 Å². The average molecular weight is 352 g/mol. The van der Waals surface area contributed by atoms with Gasteiger partial charge in [-0.15, -0.1) is 6.58 Å². The lowest BCUT2D eigenvalue weighted by Gasteiger charge is -2.33. The smallest absolute Gasteiger partial charge is 0.568 e. The molecule has 0 saturated carbocycles. The van der Waals surface area contributed by atoms with Crippen LogP contribution in [0.15, 0.2) is 73.3 Å². The topological polar surface area (TPSA) is 32.6 Å². The number of rotatable bonds is 5. The number of hydrogen-bond donors (Lipinski definition) is 0. The van der Waals surface area contributed by atoms with Crippen molar-refractivity contribution in [1.29, 1.82) is 0 Å². The van der Waals surface area contributed by atoms with Gasteiger partial charge in [0, 0.05) is 12.0 Å². The summed E-state index contributed by atoms with van der Waals surface area (Å²) in [5.74, 6) is -0.618. The molecule has 0 aliphatic carbocycles. The molecule has 0 N–H and O–H groups in total. The van der Waals surface area contributed by atoms with Gasteiger partial charge < -0.3 is 13.5 Å². The Bertz CT molecular complexity index is 841. The van der Waals surface area contributed by atoms with Crippen LogP contribution in [0.2, 0.25) is 0 Å². The van der Waals surface area contributed by atoms with Crippen molar-refractivity contribution in [1.82, 2.24) is 4.90 Å². The first-order chi connectivity index (χ1) is 12.4. The van der Waals surface area contributed by atoms with Crippen molar-refractivity contribution < 1.29 is 18.3 Å². The summed E-state index contributed by atoms with van der Waals surface area (Å²) in [6, 6.07) is 17.7. The molecule has 134 valence electrons. The predicted molar refractivity (Wildman–Crippen MR) is 102 cm³/mol. The van der Waals surface area contributed by atoms with Crippen LogP contribution in [0.5, 0.6) is 0 Å². The van der Waals surface area contributed by atoms with Gasteiger partial charge in [0.25, 0.3) is 0 Å². The summed E-state index contributed by atoms with van der Waals surface area (Å²) in [7, 11) is 3.57. The molecular formula is C20H22BFN2O2. The highest BCUT2D eigenvalue weighted by atomic mass is 19.1. The highest BCUT2D eigenvalue weighted by molar-refractivity contribution is 6.76. The van der Waals surface area contributed by atoms with Gasteiger partial charge in [-0.1, -0.05) is 72.2 Å². The molecule has 1 unspecified atom stereocenters. The van der Waals surface area contributed by atoms with Crippen molar-refractivity contribution in [3.05, 3.63) is 78.9 Å². The maximum atomic E-state index is 16.3. The predicted octanol–water partition coefficient (Wildman–Crippen LogP) is 2.43. The molecule has 6 heteroatoms. The largest absolute Gasteiger partial charge is 0.619 e. The summed E-state index contributed by atoms with van der Waals surface area (Å²) >= 11 is 0. The van der Waals surface area contributed by atoms with Gasteiger partial charge in [-0.05, 0) is 0 Å². The highest BCUT2D eigenvalue weighted by Gasteiger charge is 2.62. The van der Waals surface area contributed by atoms with Gasteiger partial charge in [0.1, 0.15) is 0 Å². The van der Waals surface area contributed by atoms with Crippen LogP contribution in [0.4, 0.5) is 4.32 Å². The average Bonchev–Trinajstić information content (AvgIpc) is 2.86. The fourth-order valence-electron chi connectivity index (χ4n) is 3.53. The lowest BCUT2D eigenvalue weighted by atomic mass is 9.65. The molecule has 2 atom stereocenters. The van der Waals surface area contributed by atoms with Crippen LogP contribution in [0.25, 0.3) is 0 Å². The second kappa shape index (κ2) is 6.79. The van der Waals surface area contributed by atoms with E-state index in [2.05, 4.69) is 6.58 Å². The molecule has 1 heterocycles. The van der Waals surface area contributed by atoms with Gasteiger partial charge in [0.2, 0.25) is 0 Å². The van der Waals surface area contributed by atoms with Crippen molar-refractivity contribution >= 4 is 24.5 Å². The van der Waals surface area contributed by atoms with Gasteiger partial charge in [0.05, 0.1) is 14.1 Å². The van der Waals surface area contributed by atoms with Crippen LogP contribution < -0.4 is 5.46 Å². The Morgan fingerprint density at radius 2 is 1.73 bits per heavy atom. The quantitative estimate of drug-likeness (QED) is 0.471. The number of halogens is 1. The third-order valence-electron chi connectivity index (χ3n) is 4.66. The Balaban J connectivity index is 2.30. The molecule has 0 radical (unpaired) electrons. The minimum atomic E-state index is -3.23. The van der Waals surface area contributed by atoms with E-state index in [9.17, 15) is 4.79 Å². The van der Waals surface area contributed by atoms with E-state index in [1.165, 1.54) is 4.49 Å². The van der Waals surface area contributed by atoms with E-state index in [-0.39, 0.29) is 6.42 Å². The first-order valence-corrected chi connectivity index (χ1v) is 8.53. The Kier molecular flexibility index (Phi) is 4.68. The van der Waals surface area contributed by atoms with Gasteiger partial charge in [-0.3, -0.25) is 9.69 Å². The zero-order chi connectivity index (χ0) is 18.8. The molecule has 1 aliphatic rings. The molecule has 2 aromatic carbocycles. The molecular weight excluding hydrogens is 330 g/mol. The van der Waals surface area contributed by atoms with E-state index < -0.39 is 18.3 Å². The van der Waals surface area contributed by atoms with E-state index >= 15 is 4.32 Å². The molecule has 1 fully saturated rings. The number of nitrogens with zero attached hydrogens (tertiary/aromatic N) is 2. The van der Waals surface area contributed by atoms with E-state index in [0.717, 1.165) is 0 Å². The number of carbonyl (C=O) groups is 1. The number of benzene rings is 2. The van der Waals surface area contributed by atoms with Gasteiger partial charge >= 0.3 is 12.7 Å². The molecule has 26 heavy (non-hydrogen) atoms. The second-order valence-corrected chi connectivity index (χ2v) is 6.67. The Morgan fingerprint density at radius 1 is 1.15 bits per heavy atom. The minimum absolute atomic E-state index is 0.223. The summed E-state index contributed by atoms with van der Waals surface area (Å²) in [6.45, 7) is 0.552. The summed E-state index contributed by atoms with van der Waals surface area (Å²) in [4.78, 5) is 14.8. The van der Waals surface area contributed by atoms with Crippen LogP contribution in [-0.4, -0.2) is 42.6 Å². The third-order valence-corrected chi connectivity index (χ3v) is 4.66. The first-order valence-electron chi connectivity index (χ1n) is 8.53.